The zero-order valence-corrected chi connectivity index (χ0v) is 17.4. The molecule has 0 aliphatic rings. The number of pyridine rings is 2. The van der Waals surface area contributed by atoms with E-state index in [1.165, 1.54) is 0 Å². The minimum absolute atomic E-state index is 0.743. The first-order valence-electron chi connectivity index (χ1n) is 9.95. The first-order chi connectivity index (χ1) is 15.1. The Morgan fingerprint density at radius 3 is 1.35 bits per heavy atom. The molecule has 152 valence electrons. The normalized spacial score (nSPS) is 11.3. The molecule has 0 aliphatic carbocycles. The quantitative estimate of drug-likeness (QED) is 0.349. The fraction of sp³-hybridized carbons (Fsp3) is 0.0769. The van der Waals surface area contributed by atoms with Crippen LogP contribution in [-0.2, 0) is 0 Å². The van der Waals surface area contributed by atoms with Gasteiger partial charge in [0.05, 0.1) is 35.2 Å². The molecule has 31 heavy (non-hydrogen) atoms. The zero-order chi connectivity index (χ0) is 21.5. The van der Waals surface area contributed by atoms with E-state index in [-0.39, 0.29) is 0 Å². The van der Waals surface area contributed by atoms with E-state index in [9.17, 15) is 0 Å². The van der Waals surface area contributed by atoms with Gasteiger partial charge in [0, 0.05) is 12.4 Å². The lowest BCUT2D eigenvalue weighted by Crippen LogP contribution is -1.87. The third-order valence-electron chi connectivity index (χ3n) is 4.47. The Bertz CT molecular complexity index is 1080. The summed E-state index contributed by atoms with van der Waals surface area (Å²) < 4.78 is 5.91. The third-order valence-corrected chi connectivity index (χ3v) is 4.47. The largest absolute Gasteiger partial charge is 0.457 e. The second-order valence-corrected chi connectivity index (χ2v) is 7.13. The SMILES string of the molecule is Cc1ccc(C=Nc2ccc(Oc3ccc(N=Cc4ccc(C)cn4)cc3)cc2)nc1. The number of hydrogen-bond donors (Lipinski definition) is 0. The Balaban J connectivity index is 1.35. The lowest BCUT2D eigenvalue weighted by molar-refractivity contribution is 0.483. The van der Waals surface area contributed by atoms with Crippen LogP contribution in [0.25, 0.3) is 0 Å². The smallest absolute Gasteiger partial charge is 0.127 e. The highest BCUT2D eigenvalue weighted by molar-refractivity contribution is 5.80. The molecule has 0 aliphatic heterocycles. The number of hydrogen-bond acceptors (Lipinski definition) is 5. The number of benzene rings is 2. The molecule has 5 heteroatoms. The molecular formula is C26H22N4O. The van der Waals surface area contributed by atoms with E-state index in [0.29, 0.717) is 0 Å². The van der Waals surface area contributed by atoms with Crippen LogP contribution < -0.4 is 4.74 Å². The minimum Gasteiger partial charge on any atom is -0.457 e. The van der Waals surface area contributed by atoms with Crippen molar-refractivity contribution in [1.29, 1.82) is 0 Å². The number of nitrogens with zero attached hydrogens (tertiary/aromatic N) is 4. The van der Waals surface area contributed by atoms with E-state index in [0.717, 1.165) is 45.4 Å². The summed E-state index contributed by atoms with van der Waals surface area (Å²) in [6, 6.07) is 23.1. The second kappa shape index (κ2) is 9.59. The van der Waals surface area contributed by atoms with Gasteiger partial charge in [-0.05, 0) is 85.6 Å². The van der Waals surface area contributed by atoms with Crippen LogP contribution in [0, 0.1) is 13.8 Å². The highest BCUT2D eigenvalue weighted by atomic mass is 16.5. The average molecular weight is 406 g/mol. The standard InChI is InChI=1S/C26H22N4O/c1-19-3-5-23(27-15-19)17-29-21-7-11-25(12-8-21)31-26-13-9-22(10-14-26)30-18-24-6-4-20(2)16-28-24/h3-18H,1-2H3. The van der Waals surface area contributed by atoms with Crippen molar-refractivity contribution in [3.05, 3.63) is 108 Å². The van der Waals surface area contributed by atoms with E-state index < -0.39 is 0 Å². The highest BCUT2D eigenvalue weighted by Gasteiger charge is 1.99. The van der Waals surface area contributed by atoms with Gasteiger partial charge in [-0.15, -0.1) is 0 Å². The van der Waals surface area contributed by atoms with Gasteiger partial charge in [0.1, 0.15) is 11.5 Å². The molecule has 2 aromatic carbocycles. The maximum Gasteiger partial charge on any atom is 0.127 e. The van der Waals surface area contributed by atoms with Gasteiger partial charge >= 0.3 is 0 Å². The summed E-state index contributed by atoms with van der Waals surface area (Å²) in [6.07, 6.45) is 7.16. The fourth-order valence-electron chi connectivity index (χ4n) is 2.73. The topological polar surface area (TPSA) is 59.7 Å². The van der Waals surface area contributed by atoms with E-state index in [1.54, 1.807) is 12.4 Å². The van der Waals surface area contributed by atoms with Crippen LogP contribution in [0.1, 0.15) is 22.5 Å². The van der Waals surface area contributed by atoms with Crippen LogP contribution in [0.4, 0.5) is 11.4 Å². The van der Waals surface area contributed by atoms with Gasteiger partial charge in [0.25, 0.3) is 0 Å². The van der Waals surface area contributed by atoms with Crippen molar-refractivity contribution in [2.45, 2.75) is 13.8 Å². The highest BCUT2D eigenvalue weighted by Crippen LogP contribution is 2.26. The van der Waals surface area contributed by atoms with E-state index in [4.69, 9.17) is 4.74 Å². The number of aryl methyl sites for hydroxylation is 2. The lowest BCUT2D eigenvalue weighted by atomic mass is 10.2. The average Bonchev–Trinajstić information content (AvgIpc) is 2.80. The molecule has 0 radical (unpaired) electrons. The number of ether oxygens (including phenoxy) is 1. The number of rotatable bonds is 6. The Labute approximate surface area is 181 Å². The van der Waals surface area contributed by atoms with Crippen LogP contribution in [0.3, 0.4) is 0 Å². The van der Waals surface area contributed by atoms with Gasteiger partial charge in [0.15, 0.2) is 0 Å². The van der Waals surface area contributed by atoms with Crippen molar-refractivity contribution in [3.63, 3.8) is 0 Å². The van der Waals surface area contributed by atoms with Gasteiger partial charge < -0.3 is 4.74 Å². The summed E-state index contributed by atoms with van der Waals surface area (Å²) in [5.41, 5.74) is 5.58. The molecule has 0 unspecified atom stereocenters. The molecule has 0 amide bonds. The molecule has 0 N–H and O–H groups in total. The molecule has 0 saturated carbocycles. The molecule has 4 aromatic rings. The molecule has 0 bridgehead atoms. The van der Waals surface area contributed by atoms with Crippen molar-refractivity contribution in [3.8, 4) is 11.5 Å². The summed E-state index contributed by atoms with van der Waals surface area (Å²) in [7, 11) is 0. The maximum atomic E-state index is 5.91. The van der Waals surface area contributed by atoms with Gasteiger partial charge in [-0.1, -0.05) is 12.1 Å². The van der Waals surface area contributed by atoms with Crippen LogP contribution in [0.2, 0.25) is 0 Å². The maximum absolute atomic E-state index is 5.91. The van der Waals surface area contributed by atoms with Crippen molar-refractivity contribution >= 4 is 23.8 Å². The van der Waals surface area contributed by atoms with Crippen LogP contribution in [-0.4, -0.2) is 22.4 Å². The zero-order valence-electron chi connectivity index (χ0n) is 17.4. The molecule has 4 rings (SSSR count). The van der Waals surface area contributed by atoms with Crippen LogP contribution in [0.5, 0.6) is 11.5 Å². The Morgan fingerprint density at radius 2 is 1.00 bits per heavy atom. The van der Waals surface area contributed by atoms with E-state index >= 15 is 0 Å². The molecule has 0 spiro atoms. The predicted molar refractivity (Wildman–Crippen MR) is 125 cm³/mol. The summed E-state index contributed by atoms with van der Waals surface area (Å²) in [4.78, 5) is 17.5. The Morgan fingerprint density at radius 1 is 0.581 bits per heavy atom. The lowest BCUT2D eigenvalue weighted by Gasteiger charge is -2.06. The fourth-order valence-corrected chi connectivity index (χ4v) is 2.73. The predicted octanol–water partition coefficient (Wildman–Crippen LogP) is 6.39. The summed E-state index contributed by atoms with van der Waals surface area (Å²) in [5.74, 6) is 1.49. The van der Waals surface area contributed by atoms with Crippen molar-refractivity contribution < 1.29 is 4.74 Å². The summed E-state index contributed by atoms with van der Waals surface area (Å²) in [6.45, 7) is 4.02. The van der Waals surface area contributed by atoms with Crippen LogP contribution in [0.15, 0.2) is 95.2 Å². The Kier molecular flexibility index (Phi) is 6.24. The van der Waals surface area contributed by atoms with Crippen molar-refractivity contribution in [1.82, 2.24) is 9.97 Å². The number of aliphatic imine (C=N–C) groups is 2. The molecule has 0 atom stereocenters. The third kappa shape index (κ3) is 5.93. The number of aromatic nitrogens is 2. The van der Waals surface area contributed by atoms with Gasteiger partial charge in [-0.3, -0.25) is 20.0 Å². The van der Waals surface area contributed by atoms with Crippen LogP contribution >= 0.6 is 0 Å². The van der Waals surface area contributed by atoms with Crippen molar-refractivity contribution in [2.75, 3.05) is 0 Å². The van der Waals surface area contributed by atoms with E-state index in [2.05, 4.69) is 20.0 Å². The Hall–Kier alpha value is -4.12. The second-order valence-electron chi connectivity index (χ2n) is 7.13. The first kappa shape index (κ1) is 20.2. The van der Waals surface area contributed by atoms with Crippen molar-refractivity contribution in [2.24, 2.45) is 9.98 Å². The minimum atomic E-state index is 0.743. The van der Waals surface area contributed by atoms with Gasteiger partial charge in [-0.25, -0.2) is 0 Å². The van der Waals surface area contributed by atoms with Gasteiger partial charge in [0.2, 0.25) is 0 Å². The molecule has 2 aromatic heterocycles. The first-order valence-corrected chi connectivity index (χ1v) is 9.95. The monoisotopic (exact) mass is 406 g/mol. The summed E-state index contributed by atoms with van der Waals surface area (Å²) in [5, 5.41) is 0. The molecule has 5 nitrogen and oxygen atoms in total. The molecule has 0 saturated heterocycles. The summed E-state index contributed by atoms with van der Waals surface area (Å²) >= 11 is 0. The molecular weight excluding hydrogens is 384 g/mol. The van der Waals surface area contributed by atoms with Gasteiger partial charge in [-0.2, -0.15) is 0 Å². The molecule has 2 heterocycles. The molecule has 0 fully saturated rings. The van der Waals surface area contributed by atoms with E-state index in [1.807, 2.05) is 99.0 Å².